The molecule has 29 heavy (non-hydrogen) atoms. The highest BCUT2D eigenvalue weighted by Crippen LogP contribution is 2.44. The Bertz CT molecular complexity index is 799. The van der Waals surface area contributed by atoms with Crippen molar-refractivity contribution in [3.63, 3.8) is 0 Å². The molecular formula is C25H40N4. The highest BCUT2D eigenvalue weighted by Gasteiger charge is 2.36. The van der Waals surface area contributed by atoms with E-state index in [1.807, 2.05) is 0 Å². The average molecular weight is 397 g/mol. The van der Waals surface area contributed by atoms with Gasteiger partial charge >= 0.3 is 0 Å². The monoisotopic (exact) mass is 396 g/mol. The summed E-state index contributed by atoms with van der Waals surface area (Å²) >= 11 is 0. The van der Waals surface area contributed by atoms with Crippen molar-refractivity contribution < 1.29 is 0 Å². The van der Waals surface area contributed by atoms with E-state index >= 15 is 0 Å². The van der Waals surface area contributed by atoms with Crippen molar-refractivity contribution >= 4 is 0 Å². The Labute approximate surface area is 177 Å². The molecule has 0 aliphatic heterocycles. The summed E-state index contributed by atoms with van der Waals surface area (Å²) in [7, 11) is 0. The van der Waals surface area contributed by atoms with Gasteiger partial charge in [-0.15, -0.1) is 0 Å². The first-order valence-corrected chi connectivity index (χ1v) is 11.8. The SMILES string of the molecule is CC1CCC(C(C)C)c2cn(C(C)(C)n3cc4c(n3)C(C)CCC4C(C)C)nc21. The summed E-state index contributed by atoms with van der Waals surface area (Å²) in [5.74, 6) is 3.67. The third-order valence-electron chi connectivity index (χ3n) is 7.83. The molecule has 2 aliphatic rings. The standard InChI is InChI=1S/C25H40N4/c1-15(2)19-11-9-17(5)23-21(19)13-28(26-23)25(7,8)29-14-22-20(16(3)4)12-10-18(6)24(22)27-29/h13-20H,9-12H2,1-8H3. The normalized spacial score (nSPS) is 27.4. The Morgan fingerprint density at radius 3 is 1.48 bits per heavy atom. The number of aromatic nitrogens is 4. The van der Waals surface area contributed by atoms with Gasteiger partial charge in [0.15, 0.2) is 0 Å². The van der Waals surface area contributed by atoms with Crippen LogP contribution in [0.4, 0.5) is 0 Å². The fourth-order valence-corrected chi connectivity index (χ4v) is 5.63. The van der Waals surface area contributed by atoms with Crippen LogP contribution in [0, 0.1) is 11.8 Å². The third-order valence-corrected chi connectivity index (χ3v) is 7.83. The zero-order chi connectivity index (χ0) is 21.1. The first-order valence-electron chi connectivity index (χ1n) is 11.8. The van der Waals surface area contributed by atoms with Gasteiger partial charge in [-0.3, -0.25) is 0 Å². The minimum Gasteiger partial charge on any atom is -0.245 e. The Morgan fingerprint density at radius 1 is 0.759 bits per heavy atom. The molecule has 4 heteroatoms. The van der Waals surface area contributed by atoms with Gasteiger partial charge < -0.3 is 0 Å². The smallest absolute Gasteiger partial charge is 0.148 e. The minimum atomic E-state index is -0.308. The molecule has 0 spiro atoms. The van der Waals surface area contributed by atoms with Crippen LogP contribution in [0.15, 0.2) is 12.4 Å². The Morgan fingerprint density at radius 2 is 1.14 bits per heavy atom. The number of fused-ring (bicyclic) bond motifs is 2. The van der Waals surface area contributed by atoms with Crippen molar-refractivity contribution in [3.05, 3.63) is 34.9 Å². The fraction of sp³-hybridized carbons (Fsp3) is 0.760. The van der Waals surface area contributed by atoms with Gasteiger partial charge in [-0.2, -0.15) is 10.2 Å². The van der Waals surface area contributed by atoms with E-state index < -0.39 is 0 Å². The number of nitrogens with zero attached hydrogens (tertiary/aromatic N) is 4. The molecule has 4 unspecified atom stereocenters. The Kier molecular flexibility index (Phi) is 5.19. The number of hydrogen-bond donors (Lipinski definition) is 0. The minimum absolute atomic E-state index is 0.308. The summed E-state index contributed by atoms with van der Waals surface area (Å²) in [5.41, 5.74) is 5.26. The average Bonchev–Trinajstić information content (AvgIpc) is 3.28. The van der Waals surface area contributed by atoms with Crippen LogP contribution in [-0.2, 0) is 5.66 Å². The summed E-state index contributed by atoms with van der Waals surface area (Å²) in [4.78, 5) is 0. The van der Waals surface area contributed by atoms with E-state index in [0.717, 1.165) is 0 Å². The van der Waals surface area contributed by atoms with Crippen LogP contribution in [0.3, 0.4) is 0 Å². The summed E-state index contributed by atoms with van der Waals surface area (Å²) in [6, 6.07) is 0. The second-order valence-electron chi connectivity index (χ2n) is 11.0. The lowest BCUT2D eigenvalue weighted by Crippen LogP contribution is -2.36. The summed E-state index contributed by atoms with van der Waals surface area (Å²) in [5, 5.41) is 10.3. The maximum absolute atomic E-state index is 5.15. The maximum Gasteiger partial charge on any atom is 0.148 e. The van der Waals surface area contributed by atoms with Gasteiger partial charge in [0, 0.05) is 24.2 Å². The van der Waals surface area contributed by atoms with E-state index in [4.69, 9.17) is 10.2 Å². The molecule has 4 atom stereocenters. The number of rotatable bonds is 4. The maximum atomic E-state index is 5.15. The van der Waals surface area contributed by atoms with E-state index in [9.17, 15) is 0 Å². The number of hydrogen-bond acceptors (Lipinski definition) is 2. The van der Waals surface area contributed by atoms with Gasteiger partial charge in [0.1, 0.15) is 5.66 Å². The van der Waals surface area contributed by atoms with E-state index in [1.165, 1.54) is 48.2 Å². The highest BCUT2D eigenvalue weighted by atomic mass is 15.5. The molecule has 2 aromatic rings. The quantitative estimate of drug-likeness (QED) is 0.584. The van der Waals surface area contributed by atoms with Crippen LogP contribution < -0.4 is 0 Å². The van der Waals surface area contributed by atoms with E-state index in [1.54, 1.807) is 0 Å². The first-order chi connectivity index (χ1) is 13.6. The van der Waals surface area contributed by atoms with Crippen LogP contribution >= 0.6 is 0 Å². The molecule has 0 N–H and O–H groups in total. The van der Waals surface area contributed by atoms with Crippen LogP contribution in [0.1, 0.15) is 127 Å². The molecular weight excluding hydrogens is 356 g/mol. The van der Waals surface area contributed by atoms with Crippen molar-refractivity contribution in [3.8, 4) is 0 Å². The second kappa shape index (κ2) is 7.28. The summed E-state index contributed by atoms with van der Waals surface area (Å²) in [6.45, 7) is 18.6. The molecule has 0 fully saturated rings. The lowest BCUT2D eigenvalue weighted by atomic mass is 9.76. The van der Waals surface area contributed by atoms with E-state index in [2.05, 4.69) is 77.1 Å². The van der Waals surface area contributed by atoms with Crippen molar-refractivity contribution in [1.82, 2.24) is 19.6 Å². The van der Waals surface area contributed by atoms with Gasteiger partial charge in [0.05, 0.1) is 11.4 Å². The molecule has 0 saturated carbocycles. The largest absolute Gasteiger partial charge is 0.245 e. The van der Waals surface area contributed by atoms with Crippen LogP contribution in [0.5, 0.6) is 0 Å². The van der Waals surface area contributed by atoms with Crippen LogP contribution in [0.25, 0.3) is 0 Å². The molecule has 2 heterocycles. The molecule has 0 amide bonds. The highest BCUT2D eigenvalue weighted by molar-refractivity contribution is 5.31. The van der Waals surface area contributed by atoms with Crippen molar-refractivity contribution in [1.29, 1.82) is 0 Å². The molecule has 4 rings (SSSR count). The summed E-state index contributed by atoms with van der Waals surface area (Å²) in [6.07, 6.45) is 9.72. The Balaban J connectivity index is 1.75. The topological polar surface area (TPSA) is 35.6 Å². The van der Waals surface area contributed by atoms with Gasteiger partial charge in [-0.05, 0) is 74.3 Å². The Hall–Kier alpha value is -1.58. The van der Waals surface area contributed by atoms with E-state index in [-0.39, 0.29) is 5.66 Å². The van der Waals surface area contributed by atoms with Gasteiger partial charge in [-0.1, -0.05) is 41.5 Å². The fourth-order valence-electron chi connectivity index (χ4n) is 5.63. The molecule has 160 valence electrons. The third kappa shape index (κ3) is 3.37. The van der Waals surface area contributed by atoms with E-state index in [0.29, 0.717) is 35.5 Å². The summed E-state index contributed by atoms with van der Waals surface area (Å²) < 4.78 is 4.39. The molecule has 2 aromatic heterocycles. The molecule has 4 nitrogen and oxygen atoms in total. The zero-order valence-electron chi connectivity index (χ0n) is 19.7. The van der Waals surface area contributed by atoms with Gasteiger partial charge in [0.25, 0.3) is 0 Å². The van der Waals surface area contributed by atoms with Crippen molar-refractivity contribution in [2.75, 3.05) is 0 Å². The zero-order valence-corrected chi connectivity index (χ0v) is 19.7. The van der Waals surface area contributed by atoms with Crippen LogP contribution in [0.2, 0.25) is 0 Å². The van der Waals surface area contributed by atoms with Crippen LogP contribution in [-0.4, -0.2) is 19.6 Å². The molecule has 0 bridgehead atoms. The lowest BCUT2D eigenvalue weighted by Gasteiger charge is -2.28. The molecule has 0 aromatic carbocycles. The first kappa shape index (κ1) is 20.7. The van der Waals surface area contributed by atoms with Crippen molar-refractivity contribution in [2.45, 2.75) is 110 Å². The van der Waals surface area contributed by atoms with Gasteiger partial charge in [0.2, 0.25) is 0 Å². The van der Waals surface area contributed by atoms with Gasteiger partial charge in [-0.25, -0.2) is 9.36 Å². The van der Waals surface area contributed by atoms with Crippen molar-refractivity contribution in [2.24, 2.45) is 11.8 Å². The second-order valence-corrected chi connectivity index (χ2v) is 11.0. The molecule has 2 aliphatic carbocycles. The molecule has 0 radical (unpaired) electrons. The molecule has 0 saturated heterocycles. The predicted molar refractivity (Wildman–Crippen MR) is 120 cm³/mol. The lowest BCUT2D eigenvalue weighted by molar-refractivity contribution is 0.232. The predicted octanol–water partition coefficient (Wildman–Crippen LogP) is 6.59.